The summed E-state index contributed by atoms with van der Waals surface area (Å²) in [6, 6.07) is 9.96. The Kier molecular flexibility index (Phi) is 3.31. The van der Waals surface area contributed by atoms with Crippen LogP contribution in [-0.2, 0) is 0 Å². The van der Waals surface area contributed by atoms with Crippen molar-refractivity contribution in [1.29, 1.82) is 0 Å². The van der Waals surface area contributed by atoms with Crippen molar-refractivity contribution in [2.24, 2.45) is 0 Å². The first-order valence-electron chi connectivity index (χ1n) is 6.67. The molecule has 4 rings (SSSR count). The second-order valence-electron chi connectivity index (χ2n) is 4.86. The molecule has 1 atom stereocenters. The lowest BCUT2D eigenvalue weighted by Crippen LogP contribution is -2.20. The summed E-state index contributed by atoms with van der Waals surface area (Å²) in [4.78, 5) is 17.9. The molecular weight excluding hydrogens is 321 g/mol. The summed E-state index contributed by atoms with van der Waals surface area (Å²) in [6.45, 7) is 0. The van der Waals surface area contributed by atoms with E-state index in [-0.39, 0.29) is 17.0 Å². The average molecular weight is 331 g/mol. The van der Waals surface area contributed by atoms with Gasteiger partial charge in [-0.1, -0.05) is 17.8 Å². The average Bonchev–Trinajstić information content (AvgIpc) is 3.17. The first-order valence-corrected chi connectivity index (χ1v) is 8.43. The second-order valence-corrected chi connectivity index (χ2v) is 7.01. The highest BCUT2D eigenvalue weighted by atomic mass is 32.2. The SMILES string of the molecule is O=C1C[C@@H](c2cccs2)Sc2nc(-c3ccc(F)cc3)nn21. The molecule has 0 N–H and O–H groups in total. The van der Waals surface area contributed by atoms with Crippen LogP contribution in [0.1, 0.15) is 21.3 Å². The smallest absolute Gasteiger partial charge is 0.250 e. The van der Waals surface area contributed by atoms with E-state index in [9.17, 15) is 9.18 Å². The van der Waals surface area contributed by atoms with E-state index in [2.05, 4.69) is 10.1 Å². The summed E-state index contributed by atoms with van der Waals surface area (Å²) in [5.74, 6) is 0.0756. The van der Waals surface area contributed by atoms with Crippen molar-refractivity contribution in [3.8, 4) is 11.4 Å². The summed E-state index contributed by atoms with van der Waals surface area (Å²) in [5.41, 5.74) is 0.698. The summed E-state index contributed by atoms with van der Waals surface area (Å²) in [5, 5.41) is 6.95. The van der Waals surface area contributed by atoms with Crippen molar-refractivity contribution in [1.82, 2.24) is 14.8 Å². The van der Waals surface area contributed by atoms with Gasteiger partial charge in [0.2, 0.25) is 0 Å². The van der Waals surface area contributed by atoms with Gasteiger partial charge in [-0.2, -0.15) is 4.68 Å². The zero-order valence-corrected chi connectivity index (χ0v) is 12.9. The lowest BCUT2D eigenvalue weighted by atomic mass is 10.2. The zero-order valence-electron chi connectivity index (χ0n) is 11.3. The van der Waals surface area contributed by atoms with Crippen LogP contribution in [0.5, 0.6) is 0 Å². The normalized spacial score (nSPS) is 17.5. The fourth-order valence-corrected chi connectivity index (χ4v) is 4.38. The van der Waals surface area contributed by atoms with E-state index in [1.54, 1.807) is 35.2 Å². The highest BCUT2D eigenvalue weighted by molar-refractivity contribution is 7.99. The second kappa shape index (κ2) is 5.33. The minimum atomic E-state index is -0.309. The minimum Gasteiger partial charge on any atom is -0.272 e. The number of aromatic nitrogens is 3. The Morgan fingerprint density at radius 3 is 2.77 bits per heavy atom. The first-order chi connectivity index (χ1) is 10.7. The molecule has 1 aromatic carbocycles. The lowest BCUT2D eigenvalue weighted by Gasteiger charge is -2.18. The Morgan fingerprint density at radius 1 is 1.23 bits per heavy atom. The molecule has 0 bridgehead atoms. The molecule has 0 fully saturated rings. The van der Waals surface area contributed by atoms with E-state index < -0.39 is 0 Å². The van der Waals surface area contributed by atoms with Gasteiger partial charge >= 0.3 is 0 Å². The first kappa shape index (κ1) is 13.7. The number of carbonyl (C=O) groups is 1. The molecule has 0 saturated carbocycles. The third kappa shape index (κ3) is 2.36. The molecule has 4 nitrogen and oxygen atoms in total. The standard InChI is InChI=1S/C15H10FN3OS2/c16-10-5-3-9(4-6-10)14-17-15-19(18-14)13(20)8-12(22-15)11-2-1-7-21-11/h1-7,12H,8H2/t12-/m0/s1. The van der Waals surface area contributed by atoms with Crippen molar-refractivity contribution >= 4 is 29.0 Å². The molecule has 22 heavy (non-hydrogen) atoms. The van der Waals surface area contributed by atoms with Gasteiger partial charge in [-0.05, 0) is 35.7 Å². The highest BCUT2D eigenvalue weighted by Gasteiger charge is 2.30. The quantitative estimate of drug-likeness (QED) is 0.711. The van der Waals surface area contributed by atoms with Crippen LogP contribution < -0.4 is 0 Å². The van der Waals surface area contributed by atoms with E-state index in [1.165, 1.54) is 16.8 Å². The van der Waals surface area contributed by atoms with Crippen molar-refractivity contribution in [3.05, 3.63) is 52.5 Å². The number of rotatable bonds is 2. The van der Waals surface area contributed by atoms with Crippen LogP contribution in [0.2, 0.25) is 0 Å². The molecule has 1 aliphatic heterocycles. The number of halogens is 1. The Bertz CT molecular complexity index is 827. The third-order valence-electron chi connectivity index (χ3n) is 3.38. The molecule has 0 aliphatic carbocycles. The predicted octanol–water partition coefficient (Wildman–Crippen LogP) is 4.02. The highest BCUT2D eigenvalue weighted by Crippen LogP contribution is 2.43. The van der Waals surface area contributed by atoms with E-state index >= 15 is 0 Å². The molecule has 3 heterocycles. The molecule has 110 valence electrons. The van der Waals surface area contributed by atoms with E-state index in [0.29, 0.717) is 23.0 Å². The van der Waals surface area contributed by atoms with Gasteiger partial charge in [-0.15, -0.1) is 16.4 Å². The van der Waals surface area contributed by atoms with Crippen LogP contribution in [0.3, 0.4) is 0 Å². The Hall–Kier alpha value is -1.99. The van der Waals surface area contributed by atoms with Crippen molar-refractivity contribution < 1.29 is 9.18 Å². The molecule has 0 spiro atoms. The van der Waals surface area contributed by atoms with E-state index in [1.807, 2.05) is 17.5 Å². The number of nitrogens with zero attached hydrogens (tertiary/aromatic N) is 3. The number of hydrogen-bond donors (Lipinski definition) is 0. The maximum atomic E-state index is 13.0. The van der Waals surface area contributed by atoms with Crippen LogP contribution in [0.4, 0.5) is 4.39 Å². The van der Waals surface area contributed by atoms with Gasteiger partial charge in [0.15, 0.2) is 11.0 Å². The van der Waals surface area contributed by atoms with Crippen LogP contribution in [0, 0.1) is 5.82 Å². The third-order valence-corrected chi connectivity index (χ3v) is 5.70. The van der Waals surface area contributed by atoms with E-state index in [0.717, 1.165) is 4.88 Å². The maximum Gasteiger partial charge on any atom is 0.250 e. The van der Waals surface area contributed by atoms with Crippen molar-refractivity contribution in [3.63, 3.8) is 0 Å². The molecule has 0 radical (unpaired) electrons. The molecule has 7 heteroatoms. The molecule has 0 unspecified atom stereocenters. The molecular formula is C15H10FN3OS2. The topological polar surface area (TPSA) is 47.8 Å². The summed E-state index contributed by atoms with van der Waals surface area (Å²) >= 11 is 3.18. The molecule has 3 aromatic rings. The minimum absolute atomic E-state index is 0.0620. The molecule has 0 saturated heterocycles. The van der Waals surface area contributed by atoms with Crippen molar-refractivity contribution in [2.75, 3.05) is 0 Å². The fraction of sp³-hybridized carbons (Fsp3) is 0.133. The van der Waals surface area contributed by atoms with Crippen LogP contribution >= 0.6 is 23.1 Å². The molecule has 0 amide bonds. The molecule has 2 aromatic heterocycles. The van der Waals surface area contributed by atoms with Crippen molar-refractivity contribution in [2.45, 2.75) is 16.8 Å². The zero-order chi connectivity index (χ0) is 15.1. The lowest BCUT2D eigenvalue weighted by molar-refractivity contribution is 0.0868. The number of thioether (sulfide) groups is 1. The number of benzene rings is 1. The monoisotopic (exact) mass is 331 g/mol. The fourth-order valence-electron chi connectivity index (χ4n) is 2.30. The number of thiophene rings is 1. The van der Waals surface area contributed by atoms with Gasteiger partial charge in [-0.3, -0.25) is 4.79 Å². The number of hydrogen-bond acceptors (Lipinski definition) is 5. The summed E-state index contributed by atoms with van der Waals surface area (Å²) in [6.07, 6.45) is 0.407. The van der Waals surface area contributed by atoms with Crippen LogP contribution in [-0.4, -0.2) is 20.7 Å². The van der Waals surface area contributed by atoms with Crippen LogP contribution in [0.25, 0.3) is 11.4 Å². The predicted molar refractivity (Wildman–Crippen MR) is 83.6 cm³/mol. The van der Waals surface area contributed by atoms with Crippen LogP contribution in [0.15, 0.2) is 46.9 Å². The van der Waals surface area contributed by atoms with Gasteiger partial charge in [0.05, 0.1) is 5.25 Å². The Balaban J connectivity index is 1.69. The Labute approximate surface area is 134 Å². The van der Waals surface area contributed by atoms with Gasteiger partial charge in [0, 0.05) is 16.9 Å². The van der Waals surface area contributed by atoms with Gasteiger partial charge in [-0.25, -0.2) is 9.37 Å². The van der Waals surface area contributed by atoms with Gasteiger partial charge in [0.1, 0.15) is 5.82 Å². The van der Waals surface area contributed by atoms with E-state index in [4.69, 9.17) is 0 Å². The van der Waals surface area contributed by atoms with Gasteiger partial charge in [0.25, 0.3) is 5.91 Å². The number of carbonyl (C=O) groups excluding carboxylic acids is 1. The number of fused-ring (bicyclic) bond motifs is 1. The maximum absolute atomic E-state index is 13.0. The van der Waals surface area contributed by atoms with Gasteiger partial charge < -0.3 is 0 Å². The summed E-state index contributed by atoms with van der Waals surface area (Å²) < 4.78 is 14.4. The largest absolute Gasteiger partial charge is 0.272 e. The molecule has 1 aliphatic rings. The summed E-state index contributed by atoms with van der Waals surface area (Å²) in [7, 11) is 0. The Morgan fingerprint density at radius 2 is 2.05 bits per heavy atom.